The summed E-state index contributed by atoms with van der Waals surface area (Å²) in [6.45, 7) is 6.24. The van der Waals surface area contributed by atoms with Gasteiger partial charge in [-0.15, -0.1) is 0 Å². The quantitative estimate of drug-likeness (QED) is 0.518. The third-order valence-electron chi connectivity index (χ3n) is 4.20. The molecule has 1 unspecified atom stereocenters. The third kappa shape index (κ3) is 7.14. The molecule has 1 fully saturated rings. The maximum Gasteiger partial charge on any atom is 0.305 e. The second kappa shape index (κ2) is 10.4. The first kappa shape index (κ1) is 18.0. The van der Waals surface area contributed by atoms with Crippen LogP contribution in [0.1, 0.15) is 38.2 Å². The predicted octanol–water partition coefficient (Wildman–Crippen LogP) is 3.05. The molecule has 0 bridgehead atoms. The second-order valence-corrected chi connectivity index (χ2v) is 6.11. The SMILES string of the molecule is CCC(=O)OC1CCCN(CCOCCCc2ccccc2)C1. The summed E-state index contributed by atoms with van der Waals surface area (Å²) in [5.41, 5.74) is 1.37. The number of esters is 1. The van der Waals surface area contributed by atoms with Crippen LogP contribution in [0, 0.1) is 0 Å². The number of hydrogen-bond donors (Lipinski definition) is 0. The van der Waals surface area contributed by atoms with Gasteiger partial charge in [0.05, 0.1) is 6.61 Å². The van der Waals surface area contributed by atoms with E-state index < -0.39 is 0 Å². The predicted molar refractivity (Wildman–Crippen MR) is 91.4 cm³/mol. The molecule has 1 heterocycles. The summed E-state index contributed by atoms with van der Waals surface area (Å²) in [7, 11) is 0. The number of carbonyl (C=O) groups excluding carboxylic acids is 1. The van der Waals surface area contributed by atoms with Crippen molar-refractivity contribution in [2.24, 2.45) is 0 Å². The molecule has 0 aliphatic carbocycles. The second-order valence-electron chi connectivity index (χ2n) is 6.11. The Hall–Kier alpha value is -1.39. The first-order valence-corrected chi connectivity index (χ1v) is 8.81. The van der Waals surface area contributed by atoms with E-state index in [-0.39, 0.29) is 12.1 Å². The van der Waals surface area contributed by atoms with Gasteiger partial charge in [-0.1, -0.05) is 37.3 Å². The van der Waals surface area contributed by atoms with E-state index in [1.165, 1.54) is 5.56 Å². The monoisotopic (exact) mass is 319 g/mol. The van der Waals surface area contributed by atoms with Crippen LogP contribution in [0.3, 0.4) is 0 Å². The van der Waals surface area contributed by atoms with Crippen LogP contribution in [-0.4, -0.2) is 49.8 Å². The first-order chi connectivity index (χ1) is 11.3. The molecule has 1 aliphatic rings. The van der Waals surface area contributed by atoms with Crippen LogP contribution in [0.25, 0.3) is 0 Å². The molecule has 128 valence electrons. The zero-order chi connectivity index (χ0) is 16.3. The molecule has 0 aromatic heterocycles. The maximum absolute atomic E-state index is 11.4. The average Bonchev–Trinajstić information content (AvgIpc) is 2.59. The lowest BCUT2D eigenvalue weighted by Gasteiger charge is -2.32. The topological polar surface area (TPSA) is 38.8 Å². The Kier molecular flexibility index (Phi) is 8.12. The molecule has 0 N–H and O–H groups in total. The van der Waals surface area contributed by atoms with Gasteiger partial charge in [-0.05, 0) is 37.8 Å². The maximum atomic E-state index is 11.4. The van der Waals surface area contributed by atoms with Crippen LogP contribution in [0.5, 0.6) is 0 Å². The molecule has 0 saturated carbocycles. The molecule has 2 rings (SSSR count). The molecule has 1 atom stereocenters. The minimum Gasteiger partial charge on any atom is -0.461 e. The molecule has 0 radical (unpaired) electrons. The molecule has 1 aliphatic heterocycles. The minimum absolute atomic E-state index is 0.0641. The van der Waals surface area contributed by atoms with Gasteiger partial charge in [0.15, 0.2) is 0 Å². The number of carbonyl (C=O) groups is 1. The Morgan fingerprint density at radius 2 is 2.09 bits per heavy atom. The standard InChI is InChI=1S/C19H29NO3/c1-2-19(21)23-18-11-6-12-20(16-18)13-15-22-14-7-10-17-8-4-3-5-9-17/h3-5,8-9,18H,2,6-7,10-16H2,1H3. The van der Waals surface area contributed by atoms with Crippen LogP contribution in [0.2, 0.25) is 0 Å². The Labute approximate surface area is 139 Å². The van der Waals surface area contributed by atoms with Gasteiger partial charge in [0.1, 0.15) is 6.10 Å². The fourth-order valence-corrected chi connectivity index (χ4v) is 2.90. The van der Waals surface area contributed by atoms with Gasteiger partial charge in [0.25, 0.3) is 0 Å². The normalized spacial score (nSPS) is 18.7. The van der Waals surface area contributed by atoms with Crippen LogP contribution in [0.4, 0.5) is 0 Å². The van der Waals surface area contributed by atoms with E-state index in [1.54, 1.807) is 0 Å². The van der Waals surface area contributed by atoms with Gasteiger partial charge in [-0.2, -0.15) is 0 Å². The number of nitrogens with zero attached hydrogens (tertiary/aromatic N) is 1. The van der Waals surface area contributed by atoms with E-state index in [0.717, 1.165) is 58.5 Å². The average molecular weight is 319 g/mol. The molecule has 0 spiro atoms. The molecule has 4 nitrogen and oxygen atoms in total. The van der Waals surface area contributed by atoms with Crippen molar-refractivity contribution < 1.29 is 14.3 Å². The van der Waals surface area contributed by atoms with Crippen molar-refractivity contribution in [1.82, 2.24) is 4.90 Å². The summed E-state index contributed by atoms with van der Waals surface area (Å²) < 4.78 is 11.2. The van der Waals surface area contributed by atoms with Crippen molar-refractivity contribution in [2.45, 2.75) is 45.1 Å². The summed E-state index contributed by atoms with van der Waals surface area (Å²) in [5, 5.41) is 0. The summed E-state index contributed by atoms with van der Waals surface area (Å²) in [6.07, 6.45) is 4.73. The highest BCUT2D eigenvalue weighted by Crippen LogP contribution is 2.13. The summed E-state index contributed by atoms with van der Waals surface area (Å²) in [5.74, 6) is -0.0889. The third-order valence-corrected chi connectivity index (χ3v) is 4.20. The van der Waals surface area contributed by atoms with E-state index in [0.29, 0.717) is 6.42 Å². The van der Waals surface area contributed by atoms with E-state index in [2.05, 4.69) is 29.2 Å². The van der Waals surface area contributed by atoms with Crippen molar-refractivity contribution in [1.29, 1.82) is 0 Å². The lowest BCUT2D eigenvalue weighted by molar-refractivity contribution is -0.151. The molecule has 1 saturated heterocycles. The van der Waals surface area contributed by atoms with E-state index in [1.807, 2.05) is 13.0 Å². The van der Waals surface area contributed by atoms with Crippen LogP contribution in [-0.2, 0) is 20.7 Å². The Morgan fingerprint density at radius 3 is 2.87 bits per heavy atom. The fraction of sp³-hybridized carbons (Fsp3) is 0.632. The highest BCUT2D eigenvalue weighted by molar-refractivity contribution is 5.69. The number of piperidine rings is 1. The van der Waals surface area contributed by atoms with Gasteiger partial charge in [0.2, 0.25) is 0 Å². The van der Waals surface area contributed by atoms with Crippen molar-refractivity contribution in [3.05, 3.63) is 35.9 Å². The highest BCUT2D eigenvalue weighted by Gasteiger charge is 2.22. The number of benzene rings is 1. The minimum atomic E-state index is -0.0889. The summed E-state index contributed by atoms with van der Waals surface area (Å²) >= 11 is 0. The van der Waals surface area contributed by atoms with E-state index in [9.17, 15) is 4.79 Å². The number of hydrogen-bond acceptors (Lipinski definition) is 4. The number of aryl methyl sites for hydroxylation is 1. The van der Waals surface area contributed by atoms with Crippen molar-refractivity contribution in [3.63, 3.8) is 0 Å². The molecule has 1 aromatic carbocycles. The van der Waals surface area contributed by atoms with Crippen molar-refractivity contribution in [3.8, 4) is 0 Å². The lowest BCUT2D eigenvalue weighted by atomic mass is 10.1. The number of rotatable bonds is 9. The van der Waals surface area contributed by atoms with Gasteiger partial charge in [-0.3, -0.25) is 9.69 Å². The fourth-order valence-electron chi connectivity index (χ4n) is 2.90. The molecular weight excluding hydrogens is 290 g/mol. The van der Waals surface area contributed by atoms with Crippen LogP contribution >= 0.6 is 0 Å². The number of likely N-dealkylation sites (tertiary alicyclic amines) is 1. The molecular formula is C19H29NO3. The highest BCUT2D eigenvalue weighted by atomic mass is 16.5. The van der Waals surface area contributed by atoms with Crippen molar-refractivity contribution >= 4 is 5.97 Å². The zero-order valence-corrected chi connectivity index (χ0v) is 14.2. The van der Waals surface area contributed by atoms with Crippen LogP contribution in [0.15, 0.2) is 30.3 Å². The zero-order valence-electron chi connectivity index (χ0n) is 14.2. The van der Waals surface area contributed by atoms with Gasteiger partial charge in [-0.25, -0.2) is 0 Å². The molecule has 4 heteroatoms. The molecule has 0 amide bonds. The Bertz CT molecular complexity index is 449. The first-order valence-electron chi connectivity index (χ1n) is 8.81. The summed E-state index contributed by atoms with van der Waals surface area (Å²) in [4.78, 5) is 13.7. The Balaban J connectivity index is 1.53. The van der Waals surface area contributed by atoms with Crippen LogP contribution < -0.4 is 0 Å². The largest absolute Gasteiger partial charge is 0.461 e. The van der Waals surface area contributed by atoms with Gasteiger partial charge in [0, 0.05) is 26.1 Å². The van der Waals surface area contributed by atoms with Gasteiger partial charge < -0.3 is 9.47 Å². The lowest BCUT2D eigenvalue weighted by Crippen LogP contribution is -2.42. The summed E-state index contributed by atoms with van der Waals surface area (Å²) in [6, 6.07) is 10.5. The van der Waals surface area contributed by atoms with Gasteiger partial charge >= 0.3 is 5.97 Å². The molecule has 1 aromatic rings. The molecule has 23 heavy (non-hydrogen) atoms. The smallest absolute Gasteiger partial charge is 0.305 e. The van der Waals surface area contributed by atoms with E-state index >= 15 is 0 Å². The van der Waals surface area contributed by atoms with Crippen molar-refractivity contribution in [2.75, 3.05) is 32.8 Å². The van der Waals surface area contributed by atoms with E-state index in [4.69, 9.17) is 9.47 Å². The Morgan fingerprint density at radius 1 is 1.26 bits per heavy atom. The number of ether oxygens (including phenoxy) is 2.